The van der Waals surface area contributed by atoms with Gasteiger partial charge in [0.25, 0.3) is 0 Å². The van der Waals surface area contributed by atoms with E-state index in [0.717, 1.165) is 32.2 Å². The number of nitrogens with one attached hydrogen (secondary N) is 1. The van der Waals surface area contributed by atoms with E-state index in [1.807, 2.05) is 18.9 Å². The van der Waals surface area contributed by atoms with E-state index in [1.165, 1.54) is 0 Å². The van der Waals surface area contributed by atoms with E-state index in [2.05, 4.69) is 5.32 Å². The molecule has 0 radical (unpaired) electrons. The molecule has 0 saturated carbocycles. The minimum absolute atomic E-state index is 0.0653. The molecule has 1 heterocycles. The minimum Gasteiger partial charge on any atom is -0.368 e. The first-order valence-corrected chi connectivity index (χ1v) is 6.36. The van der Waals surface area contributed by atoms with Crippen LogP contribution in [0.15, 0.2) is 0 Å². The van der Waals surface area contributed by atoms with E-state index in [-0.39, 0.29) is 11.9 Å². The number of likely N-dealkylation sites (tertiary alicyclic amines) is 1. The number of nitrogens with zero attached hydrogens (tertiary/aromatic N) is 1. The molecule has 0 aromatic rings. The monoisotopic (exact) mass is 241 g/mol. The topological polar surface area (TPSA) is 75.4 Å². The van der Waals surface area contributed by atoms with Gasteiger partial charge < -0.3 is 11.1 Å². The van der Waals surface area contributed by atoms with Gasteiger partial charge in [0, 0.05) is 0 Å². The number of carbonyl (C=O) groups excluding carboxylic acids is 2. The molecule has 1 rings (SSSR count). The summed E-state index contributed by atoms with van der Waals surface area (Å²) < 4.78 is 0. The largest absolute Gasteiger partial charge is 0.368 e. The molecule has 0 aromatic heterocycles. The zero-order chi connectivity index (χ0) is 12.8. The molecule has 0 spiro atoms. The summed E-state index contributed by atoms with van der Waals surface area (Å²) in [5.41, 5.74) is 5.27. The maximum atomic E-state index is 12.0. The van der Waals surface area contributed by atoms with Gasteiger partial charge in [0.15, 0.2) is 0 Å². The highest BCUT2D eigenvalue weighted by Crippen LogP contribution is 2.15. The number of hydrogen-bond donors (Lipinski definition) is 2. The third-order valence-corrected chi connectivity index (χ3v) is 3.31. The number of hydrogen-bond acceptors (Lipinski definition) is 3. The number of primary amides is 1. The van der Waals surface area contributed by atoms with Crippen LogP contribution in [0.25, 0.3) is 0 Å². The van der Waals surface area contributed by atoms with Gasteiger partial charge in [0.1, 0.15) is 6.04 Å². The molecule has 1 unspecified atom stereocenters. The van der Waals surface area contributed by atoms with Crippen molar-refractivity contribution >= 4 is 11.8 Å². The van der Waals surface area contributed by atoms with Crippen molar-refractivity contribution < 1.29 is 9.59 Å². The normalized spacial score (nSPS) is 23.1. The predicted molar refractivity (Wildman–Crippen MR) is 66.3 cm³/mol. The quantitative estimate of drug-likeness (QED) is 0.724. The van der Waals surface area contributed by atoms with E-state index in [9.17, 15) is 9.59 Å². The van der Waals surface area contributed by atoms with E-state index >= 15 is 0 Å². The average Bonchev–Trinajstić information content (AvgIpc) is 2.28. The molecule has 0 aromatic carbocycles. The van der Waals surface area contributed by atoms with Crippen LogP contribution in [0.4, 0.5) is 0 Å². The Morgan fingerprint density at radius 2 is 2.18 bits per heavy atom. The molecule has 1 fully saturated rings. The molecule has 0 aliphatic carbocycles. The summed E-state index contributed by atoms with van der Waals surface area (Å²) in [4.78, 5) is 25.3. The fraction of sp³-hybridized carbons (Fsp3) is 0.833. The van der Waals surface area contributed by atoms with E-state index in [1.54, 1.807) is 0 Å². The highest BCUT2D eigenvalue weighted by molar-refractivity contribution is 5.89. The number of nitrogens with two attached hydrogens (primary N) is 1. The fourth-order valence-electron chi connectivity index (χ4n) is 2.25. The van der Waals surface area contributed by atoms with Gasteiger partial charge in [-0.3, -0.25) is 14.5 Å². The molecule has 1 aliphatic heterocycles. The van der Waals surface area contributed by atoms with Gasteiger partial charge in [-0.15, -0.1) is 0 Å². The average molecular weight is 241 g/mol. The van der Waals surface area contributed by atoms with Crippen molar-refractivity contribution in [2.75, 3.05) is 13.6 Å². The number of likely N-dealkylation sites (N-methyl/N-ethyl adjacent to an activating group) is 1. The van der Waals surface area contributed by atoms with Gasteiger partial charge in [0.2, 0.25) is 11.8 Å². The van der Waals surface area contributed by atoms with Crippen molar-refractivity contribution in [1.29, 1.82) is 0 Å². The summed E-state index contributed by atoms with van der Waals surface area (Å²) >= 11 is 0. The SMILES string of the molecule is CCCC(NC(=O)[C@H]1CCCCN1C)C(N)=O. The lowest BCUT2D eigenvalue weighted by Gasteiger charge is -2.32. The highest BCUT2D eigenvalue weighted by Gasteiger charge is 2.28. The first-order valence-electron chi connectivity index (χ1n) is 6.36. The molecule has 5 nitrogen and oxygen atoms in total. The molecule has 0 bridgehead atoms. The number of carbonyl (C=O) groups is 2. The second kappa shape index (κ2) is 6.59. The standard InChI is InChI=1S/C12H23N3O2/c1-3-6-9(11(13)16)14-12(17)10-7-4-5-8-15(10)2/h9-10H,3-8H2,1-2H3,(H2,13,16)(H,14,17)/t9?,10-/m1/s1. The predicted octanol–water partition coefficient (Wildman–Crippen LogP) is 0.241. The second-order valence-electron chi connectivity index (χ2n) is 4.74. The van der Waals surface area contributed by atoms with Crippen molar-refractivity contribution in [3.05, 3.63) is 0 Å². The molecule has 2 amide bonds. The summed E-state index contributed by atoms with van der Waals surface area (Å²) in [5.74, 6) is -0.511. The van der Waals surface area contributed by atoms with Crippen molar-refractivity contribution in [2.24, 2.45) is 5.73 Å². The van der Waals surface area contributed by atoms with Gasteiger partial charge >= 0.3 is 0 Å². The summed E-state index contributed by atoms with van der Waals surface area (Å²) in [6.07, 6.45) is 4.50. The molecule has 5 heteroatoms. The van der Waals surface area contributed by atoms with Gasteiger partial charge in [-0.05, 0) is 32.9 Å². The van der Waals surface area contributed by atoms with Crippen LogP contribution in [0.2, 0.25) is 0 Å². The van der Waals surface area contributed by atoms with Crippen LogP contribution in [-0.4, -0.2) is 42.4 Å². The first kappa shape index (κ1) is 14.0. The molecule has 2 atom stereocenters. The van der Waals surface area contributed by atoms with Crippen molar-refractivity contribution in [2.45, 2.75) is 51.1 Å². The van der Waals surface area contributed by atoms with Crippen molar-refractivity contribution in [3.8, 4) is 0 Å². The van der Waals surface area contributed by atoms with Gasteiger partial charge in [-0.1, -0.05) is 19.8 Å². The molecule has 3 N–H and O–H groups in total. The fourth-order valence-corrected chi connectivity index (χ4v) is 2.25. The molecule has 98 valence electrons. The third-order valence-electron chi connectivity index (χ3n) is 3.31. The van der Waals surface area contributed by atoms with Crippen LogP contribution < -0.4 is 11.1 Å². The van der Waals surface area contributed by atoms with Crippen LogP contribution in [-0.2, 0) is 9.59 Å². The lowest BCUT2D eigenvalue weighted by molar-refractivity contribution is -0.131. The van der Waals surface area contributed by atoms with Crippen LogP contribution >= 0.6 is 0 Å². The summed E-state index contributed by atoms with van der Waals surface area (Å²) in [6, 6.07) is -0.634. The van der Waals surface area contributed by atoms with Gasteiger partial charge in [0.05, 0.1) is 6.04 Å². The minimum atomic E-state index is -0.525. The number of piperidine rings is 1. The van der Waals surface area contributed by atoms with Gasteiger partial charge in [-0.25, -0.2) is 0 Å². The Bertz CT molecular complexity index is 281. The summed E-state index contributed by atoms with van der Waals surface area (Å²) in [7, 11) is 1.95. The second-order valence-corrected chi connectivity index (χ2v) is 4.74. The Morgan fingerprint density at radius 1 is 1.47 bits per heavy atom. The Morgan fingerprint density at radius 3 is 2.71 bits per heavy atom. The maximum absolute atomic E-state index is 12.0. The Hall–Kier alpha value is -1.10. The van der Waals surface area contributed by atoms with Gasteiger partial charge in [-0.2, -0.15) is 0 Å². The van der Waals surface area contributed by atoms with Crippen LogP contribution in [0, 0.1) is 0 Å². The zero-order valence-electron chi connectivity index (χ0n) is 10.7. The lowest BCUT2D eigenvalue weighted by Crippen LogP contribution is -2.53. The lowest BCUT2D eigenvalue weighted by atomic mass is 10.0. The molecular formula is C12H23N3O2. The zero-order valence-corrected chi connectivity index (χ0v) is 10.7. The smallest absolute Gasteiger partial charge is 0.240 e. The molecule has 1 saturated heterocycles. The van der Waals surface area contributed by atoms with Crippen molar-refractivity contribution in [1.82, 2.24) is 10.2 Å². The Kier molecular flexibility index (Phi) is 5.41. The molecular weight excluding hydrogens is 218 g/mol. The van der Waals surface area contributed by atoms with Crippen LogP contribution in [0.3, 0.4) is 0 Å². The Balaban J connectivity index is 2.53. The Labute approximate surface area is 103 Å². The summed E-state index contributed by atoms with van der Waals surface area (Å²) in [6.45, 7) is 2.90. The van der Waals surface area contributed by atoms with Crippen LogP contribution in [0.5, 0.6) is 0 Å². The van der Waals surface area contributed by atoms with E-state index < -0.39 is 11.9 Å². The maximum Gasteiger partial charge on any atom is 0.240 e. The van der Waals surface area contributed by atoms with Crippen molar-refractivity contribution in [3.63, 3.8) is 0 Å². The summed E-state index contributed by atoms with van der Waals surface area (Å²) in [5, 5.41) is 2.76. The van der Waals surface area contributed by atoms with E-state index in [0.29, 0.717) is 6.42 Å². The molecule has 17 heavy (non-hydrogen) atoms. The third kappa shape index (κ3) is 4.00. The van der Waals surface area contributed by atoms with Crippen LogP contribution in [0.1, 0.15) is 39.0 Å². The molecule has 1 aliphatic rings. The first-order chi connectivity index (χ1) is 8.06. The number of amides is 2. The number of rotatable bonds is 5. The van der Waals surface area contributed by atoms with E-state index in [4.69, 9.17) is 5.73 Å². The highest BCUT2D eigenvalue weighted by atomic mass is 16.2.